The standard InChI is InChI=1S/C15H19NO5/c1-8-5-10-6-13(20-4)11(7-12(10)21-8)14(15(18)19)16(3)9(2)17/h6-8,14H,5H2,1-4H3,(H,18,19). The number of rotatable bonds is 4. The van der Waals surface area contributed by atoms with Crippen LogP contribution in [0.2, 0.25) is 0 Å². The molecular weight excluding hydrogens is 274 g/mol. The summed E-state index contributed by atoms with van der Waals surface area (Å²) in [6.07, 6.45) is 0.806. The number of hydrogen-bond donors (Lipinski definition) is 1. The third-order valence-corrected chi connectivity index (χ3v) is 3.66. The number of ether oxygens (including phenoxy) is 2. The Balaban J connectivity index is 2.52. The van der Waals surface area contributed by atoms with Crippen molar-refractivity contribution in [2.75, 3.05) is 14.2 Å². The summed E-state index contributed by atoms with van der Waals surface area (Å²) in [6, 6.07) is 2.34. The van der Waals surface area contributed by atoms with Gasteiger partial charge in [0.1, 0.15) is 17.6 Å². The van der Waals surface area contributed by atoms with E-state index < -0.39 is 12.0 Å². The number of fused-ring (bicyclic) bond motifs is 1. The van der Waals surface area contributed by atoms with Crippen LogP contribution in [-0.4, -0.2) is 42.1 Å². The highest BCUT2D eigenvalue weighted by Crippen LogP contribution is 2.39. The lowest BCUT2D eigenvalue weighted by molar-refractivity contribution is -0.148. The number of carboxylic acids is 1. The zero-order valence-electron chi connectivity index (χ0n) is 12.5. The van der Waals surface area contributed by atoms with Crippen LogP contribution in [0.5, 0.6) is 11.5 Å². The predicted molar refractivity (Wildman–Crippen MR) is 75.6 cm³/mol. The summed E-state index contributed by atoms with van der Waals surface area (Å²) >= 11 is 0. The molecule has 114 valence electrons. The number of carboxylic acid groups (broad SMARTS) is 1. The van der Waals surface area contributed by atoms with Crippen molar-refractivity contribution in [1.82, 2.24) is 4.90 Å². The van der Waals surface area contributed by atoms with Crippen LogP contribution in [0.4, 0.5) is 0 Å². The first-order valence-electron chi connectivity index (χ1n) is 6.68. The van der Waals surface area contributed by atoms with Crippen molar-refractivity contribution in [2.45, 2.75) is 32.4 Å². The van der Waals surface area contributed by atoms with Crippen LogP contribution in [0.3, 0.4) is 0 Å². The quantitative estimate of drug-likeness (QED) is 0.913. The molecule has 1 aliphatic heterocycles. The van der Waals surface area contributed by atoms with Crippen molar-refractivity contribution in [3.63, 3.8) is 0 Å². The normalized spacial score (nSPS) is 17.6. The highest BCUT2D eigenvalue weighted by molar-refractivity contribution is 5.84. The Morgan fingerprint density at radius 3 is 2.67 bits per heavy atom. The number of carbonyl (C=O) groups is 2. The topological polar surface area (TPSA) is 76.1 Å². The lowest BCUT2D eigenvalue weighted by Crippen LogP contribution is -2.34. The minimum absolute atomic E-state index is 0.0498. The first-order valence-corrected chi connectivity index (χ1v) is 6.68. The highest BCUT2D eigenvalue weighted by Gasteiger charge is 2.32. The zero-order chi connectivity index (χ0) is 15.7. The Morgan fingerprint density at radius 2 is 2.14 bits per heavy atom. The molecule has 2 atom stereocenters. The van der Waals surface area contributed by atoms with Crippen molar-refractivity contribution in [1.29, 1.82) is 0 Å². The Kier molecular flexibility index (Phi) is 4.06. The van der Waals surface area contributed by atoms with Crippen molar-refractivity contribution in [3.8, 4) is 11.5 Å². The summed E-state index contributed by atoms with van der Waals surface area (Å²) in [6.45, 7) is 3.27. The molecule has 0 radical (unpaired) electrons. The molecular formula is C15H19NO5. The van der Waals surface area contributed by atoms with Gasteiger partial charge in [0.2, 0.25) is 5.91 Å². The fraction of sp³-hybridized carbons (Fsp3) is 0.467. The lowest BCUT2D eigenvalue weighted by Gasteiger charge is -2.25. The molecule has 1 aromatic carbocycles. The number of likely N-dealkylation sites (N-methyl/N-ethyl adjacent to an activating group) is 1. The van der Waals surface area contributed by atoms with E-state index in [-0.39, 0.29) is 12.0 Å². The number of hydrogen-bond acceptors (Lipinski definition) is 4. The highest BCUT2D eigenvalue weighted by atomic mass is 16.5. The van der Waals surface area contributed by atoms with Gasteiger partial charge in [0.25, 0.3) is 0 Å². The Bertz CT molecular complexity index is 584. The van der Waals surface area contributed by atoms with Gasteiger partial charge in [0, 0.05) is 31.5 Å². The summed E-state index contributed by atoms with van der Waals surface area (Å²) in [5.74, 6) is -0.343. The van der Waals surface area contributed by atoms with E-state index in [0.29, 0.717) is 17.1 Å². The van der Waals surface area contributed by atoms with E-state index in [4.69, 9.17) is 9.47 Å². The van der Waals surface area contributed by atoms with Crippen LogP contribution in [-0.2, 0) is 16.0 Å². The van der Waals surface area contributed by atoms with E-state index in [9.17, 15) is 14.7 Å². The number of benzene rings is 1. The van der Waals surface area contributed by atoms with Gasteiger partial charge in [-0.2, -0.15) is 0 Å². The predicted octanol–water partition coefficient (Wildman–Crippen LogP) is 1.62. The van der Waals surface area contributed by atoms with E-state index >= 15 is 0 Å². The lowest BCUT2D eigenvalue weighted by atomic mass is 10.00. The Hall–Kier alpha value is -2.24. The smallest absolute Gasteiger partial charge is 0.331 e. The maximum atomic E-state index is 11.6. The molecule has 2 rings (SSSR count). The number of amides is 1. The van der Waals surface area contributed by atoms with Gasteiger partial charge in [-0.25, -0.2) is 4.79 Å². The van der Waals surface area contributed by atoms with Crippen molar-refractivity contribution in [2.24, 2.45) is 0 Å². The second-order valence-electron chi connectivity index (χ2n) is 5.21. The number of methoxy groups -OCH3 is 1. The van der Waals surface area contributed by atoms with E-state index in [2.05, 4.69) is 0 Å². The number of nitrogens with zero attached hydrogens (tertiary/aromatic N) is 1. The van der Waals surface area contributed by atoms with Crippen LogP contribution >= 0.6 is 0 Å². The van der Waals surface area contributed by atoms with Crippen LogP contribution < -0.4 is 9.47 Å². The average molecular weight is 293 g/mol. The van der Waals surface area contributed by atoms with Gasteiger partial charge in [0.15, 0.2) is 6.04 Å². The molecule has 0 saturated carbocycles. The molecule has 2 unspecified atom stereocenters. The second-order valence-corrected chi connectivity index (χ2v) is 5.21. The minimum atomic E-state index is -1.11. The zero-order valence-corrected chi connectivity index (χ0v) is 12.5. The molecule has 0 saturated heterocycles. The monoisotopic (exact) mass is 293 g/mol. The molecule has 0 aliphatic carbocycles. The molecule has 1 amide bonds. The SMILES string of the molecule is COc1cc2c(cc1C(C(=O)O)N(C)C(C)=O)OC(C)C2. The first-order chi connectivity index (χ1) is 9.85. The number of carbonyl (C=O) groups excluding carboxylic acids is 1. The summed E-state index contributed by atoms with van der Waals surface area (Å²) < 4.78 is 11.0. The minimum Gasteiger partial charge on any atom is -0.496 e. The fourth-order valence-electron chi connectivity index (χ4n) is 2.53. The van der Waals surface area contributed by atoms with Gasteiger partial charge in [-0.1, -0.05) is 0 Å². The van der Waals surface area contributed by atoms with E-state index in [0.717, 1.165) is 12.0 Å². The molecule has 1 heterocycles. The van der Waals surface area contributed by atoms with Gasteiger partial charge >= 0.3 is 5.97 Å². The molecule has 0 bridgehead atoms. The second kappa shape index (κ2) is 5.63. The summed E-state index contributed by atoms with van der Waals surface area (Å²) in [5.41, 5.74) is 1.40. The van der Waals surface area contributed by atoms with Gasteiger partial charge in [-0.05, 0) is 19.1 Å². The average Bonchev–Trinajstić information content (AvgIpc) is 2.76. The maximum absolute atomic E-state index is 11.6. The van der Waals surface area contributed by atoms with Crippen molar-refractivity contribution in [3.05, 3.63) is 23.3 Å². The van der Waals surface area contributed by atoms with Crippen molar-refractivity contribution >= 4 is 11.9 Å². The van der Waals surface area contributed by atoms with Crippen LogP contribution in [0.1, 0.15) is 31.0 Å². The molecule has 21 heavy (non-hydrogen) atoms. The summed E-state index contributed by atoms with van der Waals surface area (Å²) in [5, 5.41) is 9.48. The largest absolute Gasteiger partial charge is 0.496 e. The van der Waals surface area contributed by atoms with Gasteiger partial charge in [-0.15, -0.1) is 0 Å². The molecule has 6 nitrogen and oxygen atoms in total. The Labute approximate surface area is 123 Å². The molecule has 1 aliphatic rings. The third-order valence-electron chi connectivity index (χ3n) is 3.66. The van der Waals surface area contributed by atoms with E-state index in [1.54, 1.807) is 12.1 Å². The molecule has 0 fully saturated rings. The van der Waals surface area contributed by atoms with E-state index in [1.165, 1.54) is 26.0 Å². The Morgan fingerprint density at radius 1 is 1.48 bits per heavy atom. The third kappa shape index (κ3) is 2.79. The molecule has 6 heteroatoms. The molecule has 1 aromatic rings. The summed E-state index contributed by atoms with van der Waals surface area (Å²) in [7, 11) is 2.94. The van der Waals surface area contributed by atoms with Crippen molar-refractivity contribution < 1.29 is 24.2 Å². The fourth-order valence-corrected chi connectivity index (χ4v) is 2.53. The summed E-state index contributed by atoms with van der Waals surface area (Å²) in [4.78, 5) is 24.3. The van der Waals surface area contributed by atoms with Gasteiger partial charge in [0.05, 0.1) is 7.11 Å². The maximum Gasteiger partial charge on any atom is 0.331 e. The van der Waals surface area contributed by atoms with Gasteiger partial charge < -0.3 is 19.5 Å². The number of aliphatic carboxylic acids is 1. The van der Waals surface area contributed by atoms with Crippen LogP contribution in [0.25, 0.3) is 0 Å². The first kappa shape index (κ1) is 15.2. The van der Waals surface area contributed by atoms with Crippen LogP contribution in [0.15, 0.2) is 12.1 Å². The van der Waals surface area contributed by atoms with E-state index in [1.807, 2.05) is 6.92 Å². The molecule has 0 aromatic heterocycles. The molecule has 0 spiro atoms. The van der Waals surface area contributed by atoms with Crippen LogP contribution in [0, 0.1) is 0 Å². The molecule has 1 N–H and O–H groups in total. The van der Waals surface area contributed by atoms with Gasteiger partial charge in [-0.3, -0.25) is 4.79 Å².